The first-order valence-electron chi connectivity index (χ1n) is 5.26. The Labute approximate surface area is 101 Å². The van der Waals surface area contributed by atoms with Gasteiger partial charge in [0.15, 0.2) is 0 Å². The molecule has 84 valence electrons. The van der Waals surface area contributed by atoms with Gasteiger partial charge >= 0.3 is 0 Å². The maximum Gasteiger partial charge on any atom is 0.0968 e. The summed E-state index contributed by atoms with van der Waals surface area (Å²) in [6, 6.07) is 7.80. The highest BCUT2D eigenvalue weighted by atomic mass is 35.5. The molecular formula is C13H15ClN2. The van der Waals surface area contributed by atoms with Gasteiger partial charge < -0.3 is 5.73 Å². The molecule has 16 heavy (non-hydrogen) atoms. The van der Waals surface area contributed by atoms with Gasteiger partial charge in [-0.3, -0.25) is 0 Å². The molecule has 0 aliphatic heterocycles. The average Bonchev–Trinajstić information content (AvgIpc) is 2.29. The molecule has 0 radical (unpaired) electrons. The number of hydrogen-bond acceptors (Lipinski definition) is 2. The average molecular weight is 235 g/mol. The molecule has 0 aliphatic rings. The third-order valence-corrected chi connectivity index (χ3v) is 2.94. The molecule has 0 bridgehead atoms. The SMILES string of the molecule is CCC/C(C#N)=C(/N)c1cccc(C)c1Cl. The lowest BCUT2D eigenvalue weighted by Crippen LogP contribution is -2.02. The van der Waals surface area contributed by atoms with E-state index >= 15 is 0 Å². The smallest absolute Gasteiger partial charge is 0.0968 e. The Morgan fingerprint density at radius 2 is 2.19 bits per heavy atom. The third-order valence-electron chi connectivity index (χ3n) is 2.44. The van der Waals surface area contributed by atoms with E-state index in [1.165, 1.54) is 0 Å². The monoisotopic (exact) mass is 234 g/mol. The van der Waals surface area contributed by atoms with Gasteiger partial charge in [-0.15, -0.1) is 0 Å². The topological polar surface area (TPSA) is 49.8 Å². The zero-order valence-corrected chi connectivity index (χ0v) is 10.3. The van der Waals surface area contributed by atoms with E-state index in [0.29, 0.717) is 22.7 Å². The van der Waals surface area contributed by atoms with Gasteiger partial charge in [-0.2, -0.15) is 5.26 Å². The fourth-order valence-electron chi connectivity index (χ4n) is 1.52. The second-order valence-electron chi connectivity index (χ2n) is 3.69. The minimum absolute atomic E-state index is 0.498. The number of nitriles is 1. The number of halogens is 1. The van der Waals surface area contributed by atoms with E-state index in [9.17, 15) is 0 Å². The molecule has 1 aromatic rings. The maximum atomic E-state index is 9.02. The van der Waals surface area contributed by atoms with Crippen LogP contribution in [0.3, 0.4) is 0 Å². The van der Waals surface area contributed by atoms with Crippen LogP contribution in [-0.4, -0.2) is 0 Å². The molecule has 1 rings (SSSR count). The quantitative estimate of drug-likeness (QED) is 0.812. The Morgan fingerprint density at radius 1 is 1.50 bits per heavy atom. The summed E-state index contributed by atoms with van der Waals surface area (Å²) in [5.41, 5.74) is 8.81. The normalized spacial score (nSPS) is 11.9. The highest BCUT2D eigenvalue weighted by Crippen LogP contribution is 2.27. The number of nitrogens with two attached hydrogens (primary N) is 1. The van der Waals surface area contributed by atoms with Crippen LogP contribution in [0.2, 0.25) is 5.02 Å². The van der Waals surface area contributed by atoms with Gasteiger partial charge in [0.25, 0.3) is 0 Å². The molecule has 0 saturated heterocycles. The van der Waals surface area contributed by atoms with E-state index in [4.69, 9.17) is 22.6 Å². The van der Waals surface area contributed by atoms with Crippen molar-refractivity contribution in [1.29, 1.82) is 5.26 Å². The van der Waals surface area contributed by atoms with Crippen molar-refractivity contribution in [1.82, 2.24) is 0 Å². The van der Waals surface area contributed by atoms with Gasteiger partial charge in [0.2, 0.25) is 0 Å². The van der Waals surface area contributed by atoms with Gasteiger partial charge in [-0.25, -0.2) is 0 Å². The summed E-state index contributed by atoms with van der Waals surface area (Å²) in [6.07, 6.45) is 1.58. The second kappa shape index (κ2) is 5.58. The fraction of sp³-hybridized carbons (Fsp3) is 0.308. The second-order valence-corrected chi connectivity index (χ2v) is 4.07. The van der Waals surface area contributed by atoms with Gasteiger partial charge in [0.1, 0.15) is 0 Å². The Kier molecular flexibility index (Phi) is 4.39. The molecule has 0 aromatic heterocycles. The van der Waals surface area contributed by atoms with Gasteiger partial charge in [-0.1, -0.05) is 43.1 Å². The number of benzene rings is 1. The van der Waals surface area contributed by atoms with Crippen molar-refractivity contribution in [3.8, 4) is 6.07 Å². The van der Waals surface area contributed by atoms with E-state index in [1.54, 1.807) is 0 Å². The van der Waals surface area contributed by atoms with E-state index < -0.39 is 0 Å². The molecule has 0 spiro atoms. The third kappa shape index (κ3) is 2.56. The molecule has 1 aromatic carbocycles. The predicted octanol–water partition coefficient (Wildman–Crippen LogP) is 3.64. The van der Waals surface area contributed by atoms with Crippen LogP contribution in [-0.2, 0) is 0 Å². The fourth-order valence-corrected chi connectivity index (χ4v) is 1.75. The maximum absolute atomic E-state index is 9.02. The van der Waals surface area contributed by atoms with Crippen molar-refractivity contribution in [2.24, 2.45) is 5.73 Å². The molecule has 0 saturated carbocycles. The van der Waals surface area contributed by atoms with Gasteiger partial charge in [0.05, 0.1) is 22.4 Å². The van der Waals surface area contributed by atoms with Gasteiger partial charge in [-0.05, 0) is 18.9 Å². The number of hydrogen-bond donors (Lipinski definition) is 1. The molecule has 0 amide bonds. The van der Waals surface area contributed by atoms with Crippen molar-refractivity contribution < 1.29 is 0 Å². The zero-order chi connectivity index (χ0) is 12.1. The summed E-state index contributed by atoms with van der Waals surface area (Å²) < 4.78 is 0. The molecular weight excluding hydrogens is 220 g/mol. The number of nitrogens with zero attached hydrogens (tertiary/aromatic N) is 1. The van der Waals surface area contributed by atoms with Crippen LogP contribution in [0.25, 0.3) is 5.70 Å². The first kappa shape index (κ1) is 12.6. The van der Waals surface area contributed by atoms with Crippen LogP contribution in [0.5, 0.6) is 0 Å². The van der Waals surface area contributed by atoms with Crippen molar-refractivity contribution in [3.05, 3.63) is 39.9 Å². The Balaban J connectivity index is 3.28. The molecule has 0 atom stereocenters. The Morgan fingerprint density at radius 3 is 2.75 bits per heavy atom. The Hall–Kier alpha value is -1.46. The summed E-state index contributed by atoms with van der Waals surface area (Å²) >= 11 is 6.17. The molecule has 2 nitrogen and oxygen atoms in total. The largest absolute Gasteiger partial charge is 0.397 e. The molecule has 0 unspecified atom stereocenters. The van der Waals surface area contributed by atoms with Crippen LogP contribution in [0.15, 0.2) is 23.8 Å². The molecule has 3 heteroatoms. The van der Waals surface area contributed by atoms with Crippen LogP contribution < -0.4 is 5.73 Å². The lowest BCUT2D eigenvalue weighted by molar-refractivity contribution is 0.929. The van der Waals surface area contributed by atoms with Crippen molar-refractivity contribution in [2.45, 2.75) is 26.7 Å². The summed E-state index contributed by atoms with van der Waals surface area (Å²) in [5.74, 6) is 0. The van der Waals surface area contributed by atoms with Crippen LogP contribution in [0.4, 0.5) is 0 Å². The minimum Gasteiger partial charge on any atom is -0.397 e. The first-order valence-corrected chi connectivity index (χ1v) is 5.63. The lowest BCUT2D eigenvalue weighted by Gasteiger charge is -2.09. The lowest BCUT2D eigenvalue weighted by atomic mass is 10.0. The minimum atomic E-state index is 0.498. The first-order chi connectivity index (χ1) is 7.61. The summed E-state index contributed by atoms with van der Waals surface area (Å²) in [7, 11) is 0. The van der Waals surface area contributed by atoms with E-state index in [2.05, 4.69) is 6.07 Å². The zero-order valence-electron chi connectivity index (χ0n) is 9.55. The highest BCUT2D eigenvalue weighted by molar-refractivity contribution is 6.33. The van der Waals surface area contributed by atoms with Crippen LogP contribution in [0.1, 0.15) is 30.9 Å². The molecule has 0 heterocycles. The summed E-state index contributed by atoms with van der Waals surface area (Å²) in [6.45, 7) is 3.94. The molecule has 2 N–H and O–H groups in total. The molecule has 0 fully saturated rings. The highest BCUT2D eigenvalue weighted by Gasteiger charge is 2.09. The summed E-state index contributed by atoms with van der Waals surface area (Å²) in [4.78, 5) is 0. The van der Waals surface area contributed by atoms with E-state index in [0.717, 1.165) is 17.5 Å². The van der Waals surface area contributed by atoms with Crippen LogP contribution >= 0.6 is 11.6 Å². The van der Waals surface area contributed by atoms with Crippen molar-refractivity contribution >= 4 is 17.3 Å². The number of aryl methyl sites for hydroxylation is 1. The van der Waals surface area contributed by atoms with Crippen LogP contribution in [0, 0.1) is 18.3 Å². The van der Waals surface area contributed by atoms with Crippen molar-refractivity contribution in [2.75, 3.05) is 0 Å². The van der Waals surface area contributed by atoms with Crippen molar-refractivity contribution in [3.63, 3.8) is 0 Å². The summed E-state index contributed by atoms with van der Waals surface area (Å²) in [5, 5.41) is 9.65. The van der Waals surface area contributed by atoms with E-state index in [1.807, 2.05) is 32.0 Å². The van der Waals surface area contributed by atoms with E-state index in [-0.39, 0.29) is 0 Å². The Bertz CT molecular complexity index is 455. The number of allylic oxidation sites excluding steroid dienone is 1. The van der Waals surface area contributed by atoms with Gasteiger partial charge in [0, 0.05) is 5.56 Å². The predicted molar refractivity (Wildman–Crippen MR) is 67.8 cm³/mol. The standard InChI is InChI=1S/C13H15ClN2/c1-3-5-10(8-15)13(16)11-7-4-6-9(2)12(11)14/h4,6-7H,3,5,16H2,1-2H3/b13-10-. The number of rotatable bonds is 3. The molecule has 0 aliphatic carbocycles.